The summed E-state index contributed by atoms with van der Waals surface area (Å²) in [4.78, 5) is 12.1. The summed E-state index contributed by atoms with van der Waals surface area (Å²) in [5.41, 5.74) is 2.09. The zero-order valence-corrected chi connectivity index (χ0v) is 12.5. The number of aliphatic hydroxyl groups is 1. The van der Waals surface area contributed by atoms with Crippen molar-refractivity contribution in [2.75, 3.05) is 6.61 Å². The van der Waals surface area contributed by atoms with Gasteiger partial charge in [-0.05, 0) is 29.2 Å². The predicted octanol–water partition coefficient (Wildman–Crippen LogP) is 2.54. The Morgan fingerprint density at radius 1 is 1.19 bits per heavy atom. The molecule has 0 fully saturated rings. The normalized spacial score (nSPS) is 10.9. The van der Waals surface area contributed by atoms with Crippen LogP contribution in [0.4, 0.5) is 0 Å². The summed E-state index contributed by atoms with van der Waals surface area (Å²) >= 11 is 0. The first-order valence-electron chi connectivity index (χ1n) is 7.13. The van der Waals surface area contributed by atoms with E-state index in [0.29, 0.717) is 18.3 Å². The van der Waals surface area contributed by atoms with Gasteiger partial charge in [0.05, 0.1) is 6.61 Å². The number of hydrogen-bond donors (Lipinski definition) is 1. The second-order valence-corrected chi connectivity index (χ2v) is 5.28. The number of aliphatic hydroxyl groups excluding tert-OH is 1. The lowest BCUT2D eigenvalue weighted by molar-refractivity contribution is 0.268. The second kappa shape index (κ2) is 7.09. The molecular weight excluding hydrogens is 266 g/mol. The van der Waals surface area contributed by atoms with Gasteiger partial charge in [0, 0.05) is 12.7 Å². The first kappa shape index (κ1) is 15.3. The molecule has 0 aliphatic rings. The second-order valence-electron chi connectivity index (χ2n) is 5.28. The van der Waals surface area contributed by atoms with Crippen molar-refractivity contribution >= 4 is 0 Å². The average molecular weight is 287 g/mol. The minimum absolute atomic E-state index is 0.0694. The Bertz CT molecular complexity index is 629. The van der Waals surface area contributed by atoms with Crippen LogP contribution in [-0.2, 0) is 13.2 Å². The number of aromatic nitrogens is 1. The maximum Gasteiger partial charge on any atom is 0.292 e. The van der Waals surface area contributed by atoms with Gasteiger partial charge in [-0.1, -0.05) is 38.1 Å². The van der Waals surface area contributed by atoms with Gasteiger partial charge in [0.1, 0.15) is 6.61 Å². The zero-order chi connectivity index (χ0) is 15.2. The molecule has 1 aromatic carbocycles. The summed E-state index contributed by atoms with van der Waals surface area (Å²) in [6.07, 6.45) is 1.64. The van der Waals surface area contributed by atoms with Crippen molar-refractivity contribution < 1.29 is 9.84 Å². The fourth-order valence-corrected chi connectivity index (χ4v) is 2.07. The molecule has 112 valence electrons. The molecule has 0 atom stereocenters. The third-order valence-corrected chi connectivity index (χ3v) is 3.37. The largest absolute Gasteiger partial charge is 0.483 e. The number of ether oxygens (including phenoxy) is 1. The van der Waals surface area contributed by atoms with E-state index in [-0.39, 0.29) is 18.7 Å². The van der Waals surface area contributed by atoms with Gasteiger partial charge < -0.3 is 14.4 Å². The molecule has 4 nitrogen and oxygen atoms in total. The molecule has 1 heterocycles. The molecule has 0 saturated heterocycles. The molecule has 1 aromatic heterocycles. The highest BCUT2D eigenvalue weighted by molar-refractivity contribution is 5.25. The number of hydrogen-bond acceptors (Lipinski definition) is 3. The summed E-state index contributed by atoms with van der Waals surface area (Å²) in [5, 5.41) is 8.91. The fourth-order valence-electron chi connectivity index (χ4n) is 2.07. The molecule has 21 heavy (non-hydrogen) atoms. The van der Waals surface area contributed by atoms with E-state index in [4.69, 9.17) is 9.84 Å². The van der Waals surface area contributed by atoms with Crippen LogP contribution in [0.2, 0.25) is 0 Å². The monoisotopic (exact) mass is 287 g/mol. The number of rotatable bonds is 6. The molecule has 0 saturated carbocycles. The van der Waals surface area contributed by atoms with Crippen LogP contribution in [0.15, 0.2) is 47.4 Å². The maximum atomic E-state index is 12.1. The van der Waals surface area contributed by atoms with Crippen LogP contribution in [0.1, 0.15) is 30.9 Å². The van der Waals surface area contributed by atoms with Gasteiger partial charge in [-0.25, -0.2) is 0 Å². The Morgan fingerprint density at radius 2 is 1.90 bits per heavy atom. The van der Waals surface area contributed by atoms with Gasteiger partial charge in [-0.15, -0.1) is 0 Å². The Balaban J connectivity index is 2.06. The van der Waals surface area contributed by atoms with Crippen LogP contribution < -0.4 is 10.3 Å². The molecule has 0 aliphatic heterocycles. The Morgan fingerprint density at radius 3 is 2.52 bits per heavy atom. The van der Waals surface area contributed by atoms with E-state index in [1.807, 2.05) is 12.1 Å². The third-order valence-electron chi connectivity index (χ3n) is 3.37. The van der Waals surface area contributed by atoms with Gasteiger partial charge in [-0.2, -0.15) is 0 Å². The van der Waals surface area contributed by atoms with Crippen LogP contribution in [0.25, 0.3) is 0 Å². The molecule has 0 amide bonds. The van der Waals surface area contributed by atoms with Crippen LogP contribution in [-0.4, -0.2) is 16.3 Å². The predicted molar refractivity (Wildman–Crippen MR) is 82.7 cm³/mol. The Labute approximate surface area is 124 Å². The summed E-state index contributed by atoms with van der Waals surface area (Å²) in [6.45, 7) is 4.87. The van der Waals surface area contributed by atoms with Gasteiger partial charge in [0.15, 0.2) is 5.75 Å². The van der Waals surface area contributed by atoms with Crippen molar-refractivity contribution in [3.8, 4) is 5.75 Å². The summed E-state index contributed by atoms with van der Waals surface area (Å²) < 4.78 is 7.04. The van der Waals surface area contributed by atoms with Crippen LogP contribution >= 0.6 is 0 Å². The van der Waals surface area contributed by atoms with Crippen molar-refractivity contribution in [3.63, 3.8) is 0 Å². The van der Waals surface area contributed by atoms with E-state index >= 15 is 0 Å². The van der Waals surface area contributed by atoms with Crippen LogP contribution in [0, 0.1) is 0 Å². The van der Waals surface area contributed by atoms with Gasteiger partial charge in [0.25, 0.3) is 5.56 Å². The van der Waals surface area contributed by atoms with Gasteiger partial charge >= 0.3 is 0 Å². The van der Waals surface area contributed by atoms with Crippen molar-refractivity contribution in [2.45, 2.75) is 32.9 Å². The van der Waals surface area contributed by atoms with Crippen LogP contribution in [0.5, 0.6) is 5.75 Å². The minimum atomic E-state index is -0.217. The summed E-state index contributed by atoms with van der Waals surface area (Å²) in [6, 6.07) is 11.6. The smallest absolute Gasteiger partial charge is 0.292 e. The van der Waals surface area contributed by atoms with E-state index < -0.39 is 0 Å². The van der Waals surface area contributed by atoms with E-state index in [0.717, 1.165) is 5.56 Å². The molecule has 0 radical (unpaired) electrons. The van der Waals surface area contributed by atoms with E-state index in [1.165, 1.54) is 10.1 Å². The van der Waals surface area contributed by atoms with Crippen molar-refractivity contribution in [2.24, 2.45) is 0 Å². The molecule has 0 bridgehead atoms. The van der Waals surface area contributed by atoms with Crippen molar-refractivity contribution in [1.82, 2.24) is 4.57 Å². The molecule has 2 rings (SSSR count). The molecule has 0 aliphatic carbocycles. The van der Waals surface area contributed by atoms with Crippen LogP contribution in [0.3, 0.4) is 0 Å². The lowest BCUT2D eigenvalue weighted by Crippen LogP contribution is -2.22. The molecule has 0 unspecified atom stereocenters. The van der Waals surface area contributed by atoms with E-state index in [2.05, 4.69) is 26.0 Å². The lowest BCUT2D eigenvalue weighted by atomic mass is 10.0. The van der Waals surface area contributed by atoms with E-state index in [9.17, 15) is 4.79 Å². The molecule has 4 heteroatoms. The first-order valence-corrected chi connectivity index (χ1v) is 7.13. The molecule has 1 N–H and O–H groups in total. The van der Waals surface area contributed by atoms with E-state index in [1.54, 1.807) is 18.3 Å². The Kier molecular flexibility index (Phi) is 5.17. The SMILES string of the molecule is CC(C)c1ccc(COc2cccn(CCO)c2=O)cc1. The quantitative estimate of drug-likeness (QED) is 0.888. The fraction of sp³-hybridized carbons (Fsp3) is 0.353. The minimum Gasteiger partial charge on any atom is -0.483 e. The average Bonchev–Trinajstić information content (AvgIpc) is 2.49. The molecule has 2 aromatic rings. The number of nitrogens with zero attached hydrogens (tertiary/aromatic N) is 1. The standard InChI is InChI=1S/C17H21NO3/c1-13(2)15-7-5-14(6-8-15)12-21-16-4-3-9-18(10-11-19)17(16)20/h3-9,13,19H,10-12H2,1-2H3. The highest BCUT2D eigenvalue weighted by atomic mass is 16.5. The summed E-state index contributed by atoms with van der Waals surface area (Å²) in [5.74, 6) is 0.804. The molecule has 0 spiro atoms. The Hall–Kier alpha value is -2.07. The maximum absolute atomic E-state index is 12.1. The first-order chi connectivity index (χ1) is 10.1. The number of benzene rings is 1. The van der Waals surface area contributed by atoms with Crippen molar-refractivity contribution in [1.29, 1.82) is 0 Å². The highest BCUT2D eigenvalue weighted by Crippen LogP contribution is 2.15. The zero-order valence-electron chi connectivity index (χ0n) is 12.5. The third kappa shape index (κ3) is 3.95. The highest BCUT2D eigenvalue weighted by Gasteiger charge is 2.05. The summed E-state index contributed by atoms with van der Waals surface area (Å²) in [7, 11) is 0. The van der Waals surface area contributed by atoms with Crippen molar-refractivity contribution in [3.05, 3.63) is 64.1 Å². The lowest BCUT2D eigenvalue weighted by Gasteiger charge is -2.10. The van der Waals surface area contributed by atoms with Gasteiger partial charge in [0.2, 0.25) is 0 Å². The van der Waals surface area contributed by atoms with Gasteiger partial charge in [-0.3, -0.25) is 4.79 Å². The molecular formula is C17H21NO3. The topological polar surface area (TPSA) is 51.5 Å². The number of pyridine rings is 1.